The lowest BCUT2D eigenvalue weighted by molar-refractivity contribution is -0.119. The zero-order valence-corrected chi connectivity index (χ0v) is 10.6. The summed E-state index contributed by atoms with van der Waals surface area (Å²) in [5.41, 5.74) is 6.09. The van der Waals surface area contributed by atoms with Crippen LogP contribution >= 0.6 is 0 Å². The van der Waals surface area contributed by atoms with Gasteiger partial charge in [-0.1, -0.05) is 6.42 Å². The Labute approximate surface area is 111 Å². The lowest BCUT2D eigenvalue weighted by Crippen LogP contribution is -2.40. The maximum absolute atomic E-state index is 11.9. The summed E-state index contributed by atoms with van der Waals surface area (Å²) in [4.78, 5) is 26.5. The molecule has 1 amide bonds. The fourth-order valence-electron chi connectivity index (χ4n) is 2.30. The first-order valence-corrected chi connectivity index (χ1v) is 6.23. The lowest BCUT2D eigenvalue weighted by Gasteiger charge is -2.40. The number of nitrogens with two attached hydrogens (primary N) is 1. The van der Waals surface area contributed by atoms with E-state index >= 15 is 0 Å². The summed E-state index contributed by atoms with van der Waals surface area (Å²) in [5, 5.41) is 11.5. The number of rotatable bonds is 5. The lowest BCUT2D eigenvalue weighted by atomic mass is 9.66. The molecular formula is C13H17N3O3. The van der Waals surface area contributed by atoms with Crippen molar-refractivity contribution in [1.82, 2.24) is 4.98 Å². The molecule has 1 saturated carbocycles. The molecule has 1 heterocycles. The summed E-state index contributed by atoms with van der Waals surface area (Å²) in [6.07, 6.45) is 6.11. The molecule has 6 nitrogen and oxygen atoms in total. The Kier molecular flexibility index (Phi) is 3.80. The number of amides is 1. The van der Waals surface area contributed by atoms with E-state index in [1.165, 1.54) is 18.5 Å². The van der Waals surface area contributed by atoms with E-state index in [4.69, 9.17) is 10.8 Å². The quantitative estimate of drug-likeness (QED) is 0.741. The standard InChI is InChI=1S/C13H17N3O3/c14-8-13(2-1-3-13)5-11(17)16-10-4-9(12(18)19)6-15-7-10/h4,6-7H,1-3,5,8,14H2,(H,16,17)(H,18,19). The van der Waals surface area contributed by atoms with Gasteiger partial charge in [-0.25, -0.2) is 4.79 Å². The van der Waals surface area contributed by atoms with Crippen LogP contribution in [0.3, 0.4) is 0 Å². The topological polar surface area (TPSA) is 105 Å². The number of aromatic carboxylic acids is 1. The molecule has 1 aromatic rings. The van der Waals surface area contributed by atoms with E-state index in [1.807, 2.05) is 0 Å². The van der Waals surface area contributed by atoms with Crippen LogP contribution in [0.4, 0.5) is 5.69 Å². The maximum atomic E-state index is 11.9. The Bertz CT molecular complexity index is 492. The Hall–Kier alpha value is -1.95. The number of pyridine rings is 1. The molecule has 0 bridgehead atoms. The first-order valence-electron chi connectivity index (χ1n) is 6.23. The molecule has 102 valence electrons. The van der Waals surface area contributed by atoms with Crippen molar-refractivity contribution in [2.45, 2.75) is 25.7 Å². The molecule has 1 fully saturated rings. The summed E-state index contributed by atoms with van der Waals surface area (Å²) < 4.78 is 0. The fourth-order valence-corrected chi connectivity index (χ4v) is 2.30. The SMILES string of the molecule is NCC1(CC(=O)Nc2cncc(C(=O)O)c2)CCC1. The van der Waals surface area contributed by atoms with Gasteiger partial charge in [-0.05, 0) is 30.9 Å². The highest BCUT2D eigenvalue weighted by molar-refractivity contribution is 5.93. The van der Waals surface area contributed by atoms with Gasteiger partial charge in [0.1, 0.15) is 0 Å². The molecule has 0 aliphatic heterocycles. The van der Waals surface area contributed by atoms with E-state index < -0.39 is 5.97 Å². The molecule has 0 spiro atoms. The predicted molar refractivity (Wildman–Crippen MR) is 69.8 cm³/mol. The van der Waals surface area contributed by atoms with Gasteiger partial charge in [0.15, 0.2) is 0 Å². The van der Waals surface area contributed by atoms with Crippen LogP contribution in [0.2, 0.25) is 0 Å². The molecule has 19 heavy (non-hydrogen) atoms. The Balaban J connectivity index is 1.99. The van der Waals surface area contributed by atoms with Crippen molar-refractivity contribution in [2.75, 3.05) is 11.9 Å². The average molecular weight is 263 g/mol. The molecule has 0 unspecified atom stereocenters. The van der Waals surface area contributed by atoms with E-state index in [1.54, 1.807) is 0 Å². The highest BCUT2D eigenvalue weighted by Crippen LogP contribution is 2.43. The first kappa shape index (κ1) is 13.5. The number of carboxylic acids is 1. The van der Waals surface area contributed by atoms with Gasteiger partial charge in [0.2, 0.25) is 5.91 Å². The van der Waals surface area contributed by atoms with Crippen LogP contribution in [-0.2, 0) is 4.79 Å². The molecule has 0 atom stereocenters. The van der Waals surface area contributed by atoms with Crippen LogP contribution in [-0.4, -0.2) is 28.5 Å². The molecule has 2 rings (SSSR count). The van der Waals surface area contributed by atoms with Crippen molar-refractivity contribution in [1.29, 1.82) is 0 Å². The predicted octanol–water partition coefficient (Wildman–Crippen LogP) is 1.24. The fraction of sp³-hybridized carbons (Fsp3) is 0.462. The summed E-state index contributed by atoms with van der Waals surface area (Å²) >= 11 is 0. The van der Waals surface area contributed by atoms with Crippen molar-refractivity contribution in [2.24, 2.45) is 11.1 Å². The third-order valence-corrected chi connectivity index (χ3v) is 3.65. The van der Waals surface area contributed by atoms with Gasteiger partial charge in [-0.15, -0.1) is 0 Å². The monoisotopic (exact) mass is 263 g/mol. The molecule has 1 aromatic heterocycles. The van der Waals surface area contributed by atoms with Gasteiger partial charge in [-0.3, -0.25) is 9.78 Å². The molecule has 1 aliphatic carbocycles. The highest BCUT2D eigenvalue weighted by atomic mass is 16.4. The molecule has 1 aliphatic rings. The minimum atomic E-state index is -1.07. The maximum Gasteiger partial charge on any atom is 0.337 e. The van der Waals surface area contributed by atoms with E-state index in [0.29, 0.717) is 18.7 Å². The molecular weight excluding hydrogens is 246 g/mol. The van der Waals surface area contributed by atoms with Gasteiger partial charge in [0.05, 0.1) is 17.4 Å². The number of anilines is 1. The third-order valence-electron chi connectivity index (χ3n) is 3.65. The highest BCUT2D eigenvalue weighted by Gasteiger charge is 2.37. The van der Waals surface area contributed by atoms with Crippen molar-refractivity contribution in [3.8, 4) is 0 Å². The Morgan fingerprint density at radius 1 is 1.42 bits per heavy atom. The van der Waals surface area contributed by atoms with Crippen molar-refractivity contribution in [3.05, 3.63) is 24.0 Å². The number of carbonyl (C=O) groups excluding carboxylic acids is 1. The summed E-state index contributed by atoms with van der Waals surface area (Å²) in [7, 11) is 0. The smallest absolute Gasteiger partial charge is 0.337 e. The molecule has 4 N–H and O–H groups in total. The molecule has 0 aromatic carbocycles. The second kappa shape index (κ2) is 5.36. The van der Waals surface area contributed by atoms with E-state index in [2.05, 4.69) is 10.3 Å². The number of aromatic nitrogens is 1. The van der Waals surface area contributed by atoms with E-state index in [9.17, 15) is 9.59 Å². The van der Waals surface area contributed by atoms with Gasteiger partial charge < -0.3 is 16.2 Å². The number of hydrogen-bond donors (Lipinski definition) is 3. The summed E-state index contributed by atoms with van der Waals surface area (Å²) in [6.45, 7) is 0.508. The number of nitrogens with one attached hydrogen (secondary N) is 1. The number of carbonyl (C=O) groups is 2. The summed E-state index contributed by atoms with van der Waals surface area (Å²) in [6, 6.07) is 1.39. The van der Waals surface area contributed by atoms with Crippen molar-refractivity contribution >= 4 is 17.6 Å². The largest absolute Gasteiger partial charge is 0.478 e. The van der Waals surface area contributed by atoms with Crippen molar-refractivity contribution < 1.29 is 14.7 Å². The van der Waals surface area contributed by atoms with E-state index in [-0.39, 0.29) is 16.9 Å². The minimum Gasteiger partial charge on any atom is -0.478 e. The number of nitrogens with zero attached hydrogens (tertiary/aromatic N) is 1. The average Bonchev–Trinajstić information content (AvgIpc) is 2.34. The third kappa shape index (κ3) is 3.08. The zero-order chi connectivity index (χ0) is 13.9. The Morgan fingerprint density at radius 2 is 2.16 bits per heavy atom. The van der Waals surface area contributed by atoms with Crippen LogP contribution in [0.1, 0.15) is 36.0 Å². The minimum absolute atomic E-state index is 0.0509. The Morgan fingerprint density at radius 3 is 2.68 bits per heavy atom. The van der Waals surface area contributed by atoms with Gasteiger partial charge >= 0.3 is 5.97 Å². The number of hydrogen-bond acceptors (Lipinski definition) is 4. The summed E-state index contributed by atoms with van der Waals surface area (Å²) in [5.74, 6) is -1.21. The second-order valence-electron chi connectivity index (χ2n) is 5.05. The van der Waals surface area contributed by atoms with Crippen molar-refractivity contribution in [3.63, 3.8) is 0 Å². The zero-order valence-electron chi connectivity index (χ0n) is 10.6. The molecule has 0 saturated heterocycles. The first-order chi connectivity index (χ1) is 9.04. The van der Waals surface area contributed by atoms with Crippen LogP contribution in [0, 0.1) is 5.41 Å². The van der Waals surface area contributed by atoms with Crippen LogP contribution in [0.15, 0.2) is 18.5 Å². The number of carboxylic acid groups (broad SMARTS) is 1. The van der Waals surface area contributed by atoms with Crippen LogP contribution < -0.4 is 11.1 Å². The molecule has 0 radical (unpaired) electrons. The second-order valence-corrected chi connectivity index (χ2v) is 5.05. The normalized spacial score (nSPS) is 16.5. The molecule has 6 heteroatoms. The van der Waals surface area contributed by atoms with Crippen LogP contribution in [0.25, 0.3) is 0 Å². The van der Waals surface area contributed by atoms with Gasteiger partial charge in [0.25, 0.3) is 0 Å². The van der Waals surface area contributed by atoms with Gasteiger partial charge in [-0.2, -0.15) is 0 Å². The van der Waals surface area contributed by atoms with Crippen LogP contribution in [0.5, 0.6) is 0 Å². The van der Waals surface area contributed by atoms with E-state index in [0.717, 1.165) is 19.3 Å². The van der Waals surface area contributed by atoms with Gasteiger partial charge in [0, 0.05) is 12.6 Å².